The van der Waals surface area contributed by atoms with Gasteiger partial charge in [0.1, 0.15) is 18.7 Å². The second-order valence-electron chi connectivity index (χ2n) is 6.94. The van der Waals surface area contributed by atoms with Gasteiger partial charge in [0.15, 0.2) is 5.54 Å². The Morgan fingerprint density at radius 3 is 2.36 bits per heavy atom. The van der Waals surface area contributed by atoms with Gasteiger partial charge < -0.3 is 15.2 Å². The third kappa shape index (κ3) is 2.97. The molecule has 142 valence electrons. The molecule has 0 amide bonds. The molecular formula is C22H22N4O2. The van der Waals surface area contributed by atoms with Crippen LogP contribution in [0.25, 0.3) is 11.1 Å². The van der Waals surface area contributed by atoms with Crippen LogP contribution >= 0.6 is 0 Å². The number of benzene rings is 2. The topological polar surface area (TPSA) is 82.6 Å². The highest BCUT2D eigenvalue weighted by Crippen LogP contribution is 2.40. The van der Waals surface area contributed by atoms with E-state index >= 15 is 0 Å². The summed E-state index contributed by atoms with van der Waals surface area (Å²) >= 11 is 0. The summed E-state index contributed by atoms with van der Waals surface area (Å²) in [5.74, 6) is 0.834. The molecule has 28 heavy (non-hydrogen) atoms. The van der Waals surface area contributed by atoms with E-state index in [1.54, 1.807) is 7.11 Å². The predicted molar refractivity (Wildman–Crippen MR) is 108 cm³/mol. The molecule has 1 atom stereocenters. The zero-order chi connectivity index (χ0) is 19.7. The summed E-state index contributed by atoms with van der Waals surface area (Å²) < 4.78 is 11.0. The van der Waals surface area contributed by atoms with Gasteiger partial charge in [0.05, 0.1) is 7.11 Å². The van der Waals surface area contributed by atoms with Crippen LogP contribution in [0, 0.1) is 13.8 Å². The van der Waals surface area contributed by atoms with Crippen LogP contribution in [0.15, 0.2) is 60.1 Å². The molecule has 2 N–H and O–H groups in total. The molecule has 2 aromatic carbocycles. The van der Waals surface area contributed by atoms with E-state index in [4.69, 9.17) is 20.2 Å². The number of ether oxygens (including phenoxy) is 2. The van der Waals surface area contributed by atoms with Crippen molar-refractivity contribution in [1.82, 2.24) is 9.97 Å². The van der Waals surface area contributed by atoms with Crippen molar-refractivity contribution < 1.29 is 9.47 Å². The minimum atomic E-state index is -0.709. The molecule has 1 aromatic heterocycles. The molecule has 2 heterocycles. The standard InChI is InChI=1S/C22H22N4O2/c1-14-4-5-18(9-19(14)16-10-24-13-25-11-16)22(12-28-21(23)26-22)17-6-7-20(27-3)15(2)8-17/h4-11,13H,12H2,1-3H3,(H2,23,26). The first kappa shape index (κ1) is 18.0. The summed E-state index contributed by atoms with van der Waals surface area (Å²) in [7, 11) is 1.67. The van der Waals surface area contributed by atoms with Gasteiger partial charge in [-0.25, -0.2) is 15.0 Å². The van der Waals surface area contributed by atoms with Gasteiger partial charge in [0, 0.05) is 18.0 Å². The van der Waals surface area contributed by atoms with Crippen LogP contribution in [0.4, 0.5) is 0 Å². The van der Waals surface area contributed by atoms with Gasteiger partial charge in [0.25, 0.3) is 6.02 Å². The largest absolute Gasteiger partial charge is 0.496 e. The number of aromatic nitrogens is 2. The molecule has 1 aliphatic heterocycles. The van der Waals surface area contributed by atoms with E-state index in [0.29, 0.717) is 6.61 Å². The molecule has 0 saturated heterocycles. The molecule has 0 radical (unpaired) electrons. The molecule has 4 rings (SSSR count). The smallest absolute Gasteiger partial charge is 0.283 e. The molecule has 6 nitrogen and oxygen atoms in total. The quantitative estimate of drug-likeness (QED) is 0.757. The molecule has 1 unspecified atom stereocenters. The maximum absolute atomic E-state index is 5.94. The molecule has 0 fully saturated rings. The van der Waals surface area contributed by atoms with Crippen molar-refractivity contribution >= 4 is 6.02 Å². The summed E-state index contributed by atoms with van der Waals surface area (Å²) in [6, 6.07) is 12.5. The van der Waals surface area contributed by atoms with E-state index in [-0.39, 0.29) is 6.02 Å². The lowest BCUT2D eigenvalue weighted by molar-refractivity contribution is 0.278. The monoisotopic (exact) mass is 374 g/mol. The van der Waals surface area contributed by atoms with Crippen molar-refractivity contribution in [3.8, 4) is 16.9 Å². The average molecular weight is 374 g/mol. The molecule has 0 aliphatic carbocycles. The summed E-state index contributed by atoms with van der Waals surface area (Å²) in [6.07, 6.45) is 5.15. The van der Waals surface area contributed by atoms with E-state index in [1.807, 2.05) is 31.5 Å². The SMILES string of the molecule is COc1ccc(C2(c3ccc(C)c(-c4cncnc4)c3)COC(N)=N2)cc1C. The minimum absolute atomic E-state index is 0.193. The van der Waals surface area contributed by atoms with Crippen LogP contribution in [0.1, 0.15) is 22.3 Å². The summed E-state index contributed by atoms with van der Waals surface area (Å²) in [5, 5.41) is 0. The van der Waals surface area contributed by atoms with E-state index < -0.39 is 5.54 Å². The van der Waals surface area contributed by atoms with Gasteiger partial charge in [0.2, 0.25) is 0 Å². The van der Waals surface area contributed by atoms with E-state index in [9.17, 15) is 0 Å². The second kappa shape index (κ2) is 6.96. The lowest BCUT2D eigenvalue weighted by Gasteiger charge is -2.27. The Bertz CT molecular complexity index is 1050. The fourth-order valence-electron chi connectivity index (χ4n) is 3.66. The Balaban J connectivity index is 1.89. The van der Waals surface area contributed by atoms with Crippen molar-refractivity contribution in [2.45, 2.75) is 19.4 Å². The number of hydrogen-bond donors (Lipinski definition) is 1. The number of aliphatic imine (C=N–C) groups is 1. The number of amidine groups is 1. The predicted octanol–water partition coefficient (Wildman–Crippen LogP) is 3.36. The maximum atomic E-state index is 5.94. The first-order valence-corrected chi connectivity index (χ1v) is 9.03. The van der Waals surface area contributed by atoms with Crippen LogP contribution in [-0.2, 0) is 10.3 Å². The molecule has 3 aromatic rings. The van der Waals surface area contributed by atoms with Crippen LogP contribution in [0.3, 0.4) is 0 Å². The Kier molecular flexibility index (Phi) is 4.47. The van der Waals surface area contributed by atoms with E-state index in [1.165, 1.54) is 6.33 Å². The number of nitrogens with zero attached hydrogens (tertiary/aromatic N) is 3. The van der Waals surface area contributed by atoms with Gasteiger partial charge in [-0.3, -0.25) is 0 Å². The van der Waals surface area contributed by atoms with Crippen LogP contribution in [0.5, 0.6) is 5.75 Å². The van der Waals surface area contributed by atoms with E-state index in [0.717, 1.165) is 39.1 Å². The summed E-state index contributed by atoms with van der Waals surface area (Å²) in [4.78, 5) is 13.0. The average Bonchev–Trinajstić information content (AvgIpc) is 3.12. The van der Waals surface area contributed by atoms with E-state index in [2.05, 4.69) is 41.2 Å². The highest BCUT2D eigenvalue weighted by molar-refractivity contribution is 5.76. The fraction of sp³-hybridized carbons (Fsp3) is 0.227. The first-order valence-electron chi connectivity index (χ1n) is 9.03. The molecule has 0 saturated carbocycles. The molecule has 0 spiro atoms. The van der Waals surface area contributed by atoms with Crippen molar-refractivity contribution in [3.63, 3.8) is 0 Å². The van der Waals surface area contributed by atoms with Crippen molar-refractivity contribution in [1.29, 1.82) is 0 Å². The second-order valence-corrected chi connectivity index (χ2v) is 6.94. The number of hydrogen-bond acceptors (Lipinski definition) is 6. The Morgan fingerprint density at radius 1 is 1.00 bits per heavy atom. The Hall–Kier alpha value is -3.41. The van der Waals surface area contributed by atoms with Crippen LogP contribution in [0.2, 0.25) is 0 Å². The van der Waals surface area contributed by atoms with Crippen LogP contribution in [-0.4, -0.2) is 29.7 Å². The van der Waals surface area contributed by atoms with Crippen molar-refractivity contribution in [2.75, 3.05) is 13.7 Å². The molecule has 1 aliphatic rings. The highest BCUT2D eigenvalue weighted by Gasteiger charge is 2.40. The number of rotatable bonds is 4. The Morgan fingerprint density at radius 2 is 1.71 bits per heavy atom. The molecule has 6 heteroatoms. The van der Waals surface area contributed by atoms with Gasteiger partial charge in [-0.1, -0.05) is 18.2 Å². The van der Waals surface area contributed by atoms with Gasteiger partial charge in [-0.05, 0) is 59.9 Å². The zero-order valence-corrected chi connectivity index (χ0v) is 16.1. The third-order valence-electron chi connectivity index (χ3n) is 5.19. The number of aryl methyl sites for hydroxylation is 2. The molecule has 0 bridgehead atoms. The van der Waals surface area contributed by atoms with Crippen molar-refractivity contribution in [2.24, 2.45) is 10.7 Å². The van der Waals surface area contributed by atoms with Crippen LogP contribution < -0.4 is 10.5 Å². The maximum Gasteiger partial charge on any atom is 0.283 e. The third-order valence-corrected chi connectivity index (χ3v) is 5.19. The minimum Gasteiger partial charge on any atom is -0.496 e. The molecular weight excluding hydrogens is 352 g/mol. The first-order chi connectivity index (χ1) is 13.5. The van der Waals surface area contributed by atoms with Gasteiger partial charge in [-0.15, -0.1) is 0 Å². The lowest BCUT2D eigenvalue weighted by Crippen LogP contribution is -2.27. The normalized spacial score (nSPS) is 18.5. The van der Waals surface area contributed by atoms with Gasteiger partial charge in [-0.2, -0.15) is 0 Å². The van der Waals surface area contributed by atoms with Gasteiger partial charge >= 0.3 is 0 Å². The fourth-order valence-corrected chi connectivity index (χ4v) is 3.66. The highest BCUT2D eigenvalue weighted by atomic mass is 16.5. The Labute approximate surface area is 164 Å². The lowest BCUT2D eigenvalue weighted by atomic mass is 9.82. The number of nitrogens with two attached hydrogens (primary N) is 1. The summed E-state index contributed by atoms with van der Waals surface area (Å²) in [5.41, 5.74) is 11.4. The zero-order valence-electron chi connectivity index (χ0n) is 16.1. The number of methoxy groups -OCH3 is 1. The van der Waals surface area contributed by atoms with Crippen molar-refractivity contribution in [3.05, 3.63) is 77.4 Å². The summed E-state index contributed by atoms with van der Waals surface area (Å²) in [6.45, 7) is 4.43.